The number of piperazine rings is 1. The number of halogens is 1. The highest BCUT2D eigenvalue weighted by Gasteiger charge is 2.37. The second-order valence-corrected chi connectivity index (χ2v) is 8.75. The average Bonchev–Trinajstić information content (AvgIpc) is 3.41. The van der Waals surface area contributed by atoms with Crippen LogP contribution in [0.4, 0.5) is 0 Å². The van der Waals surface area contributed by atoms with Crippen molar-refractivity contribution in [3.8, 4) is 0 Å². The van der Waals surface area contributed by atoms with Gasteiger partial charge < -0.3 is 9.80 Å². The maximum Gasteiger partial charge on any atom is 0.264 e. The highest BCUT2D eigenvalue weighted by Crippen LogP contribution is 2.24. The van der Waals surface area contributed by atoms with Crippen LogP contribution in [0.15, 0.2) is 41.8 Å². The maximum absolute atomic E-state index is 13.1. The van der Waals surface area contributed by atoms with Crippen molar-refractivity contribution in [3.63, 3.8) is 0 Å². The van der Waals surface area contributed by atoms with Gasteiger partial charge in [-0.15, -0.1) is 11.3 Å². The summed E-state index contributed by atoms with van der Waals surface area (Å²) in [5, 5.41) is 2.65. The Kier molecular flexibility index (Phi) is 5.99. The van der Waals surface area contributed by atoms with Crippen molar-refractivity contribution in [2.45, 2.75) is 25.4 Å². The molecule has 2 saturated heterocycles. The molecule has 1 aromatic heterocycles. The van der Waals surface area contributed by atoms with E-state index in [2.05, 4.69) is 4.90 Å². The van der Waals surface area contributed by atoms with Gasteiger partial charge in [-0.3, -0.25) is 14.5 Å². The number of carbonyl (C=O) groups excluding carboxylic acids is 2. The van der Waals surface area contributed by atoms with Crippen molar-refractivity contribution >= 4 is 34.8 Å². The number of nitrogens with zero attached hydrogens (tertiary/aromatic N) is 3. The molecule has 5 nitrogen and oxygen atoms in total. The zero-order valence-electron chi connectivity index (χ0n) is 15.7. The molecule has 2 aromatic rings. The van der Waals surface area contributed by atoms with E-state index in [0.717, 1.165) is 37.5 Å². The summed E-state index contributed by atoms with van der Waals surface area (Å²) in [6.07, 6.45) is 1.66. The van der Waals surface area contributed by atoms with Crippen LogP contribution in [0.25, 0.3) is 0 Å². The van der Waals surface area contributed by atoms with Gasteiger partial charge in [0.25, 0.3) is 5.91 Å². The van der Waals surface area contributed by atoms with E-state index in [1.165, 1.54) is 16.9 Å². The number of thiophene rings is 1. The summed E-state index contributed by atoms with van der Waals surface area (Å²) in [4.78, 5) is 32.6. The first-order valence-corrected chi connectivity index (χ1v) is 11.0. The molecular weight excluding hydrogens is 394 g/mol. The van der Waals surface area contributed by atoms with Crippen LogP contribution >= 0.6 is 22.9 Å². The van der Waals surface area contributed by atoms with E-state index >= 15 is 0 Å². The highest BCUT2D eigenvalue weighted by atomic mass is 35.5. The van der Waals surface area contributed by atoms with Gasteiger partial charge in [-0.25, -0.2) is 0 Å². The van der Waals surface area contributed by atoms with Crippen LogP contribution in [0.5, 0.6) is 0 Å². The lowest BCUT2D eigenvalue weighted by atomic mass is 10.1. The number of hydrogen-bond donors (Lipinski definition) is 0. The minimum absolute atomic E-state index is 0.00720. The van der Waals surface area contributed by atoms with Crippen LogP contribution < -0.4 is 0 Å². The summed E-state index contributed by atoms with van der Waals surface area (Å²) in [6.45, 7) is 4.66. The molecule has 3 heterocycles. The molecule has 1 aromatic carbocycles. The molecule has 148 valence electrons. The van der Waals surface area contributed by atoms with E-state index in [4.69, 9.17) is 11.6 Å². The van der Waals surface area contributed by atoms with Crippen LogP contribution in [0, 0.1) is 0 Å². The lowest BCUT2D eigenvalue weighted by molar-refractivity contribution is -0.137. The van der Waals surface area contributed by atoms with E-state index < -0.39 is 0 Å². The van der Waals surface area contributed by atoms with Crippen molar-refractivity contribution < 1.29 is 9.59 Å². The molecule has 2 amide bonds. The molecular formula is C21H24ClN3O2S. The fraction of sp³-hybridized carbons (Fsp3) is 0.429. The molecule has 28 heavy (non-hydrogen) atoms. The second kappa shape index (κ2) is 8.64. The minimum Gasteiger partial charge on any atom is -0.338 e. The van der Waals surface area contributed by atoms with Crippen molar-refractivity contribution in [2.24, 2.45) is 0 Å². The lowest BCUT2D eigenvalue weighted by Crippen LogP contribution is -2.54. The van der Waals surface area contributed by atoms with Gasteiger partial charge in [0.2, 0.25) is 5.91 Å². The molecule has 0 N–H and O–H groups in total. The molecule has 0 radical (unpaired) electrons. The molecule has 0 unspecified atom stereocenters. The van der Waals surface area contributed by atoms with Gasteiger partial charge >= 0.3 is 0 Å². The van der Waals surface area contributed by atoms with Crippen LogP contribution in [-0.2, 0) is 11.3 Å². The van der Waals surface area contributed by atoms with E-state index in [1.807, 2.05) is 46.7 Å². The lowest BCUT2D eigenvalue weighted by Gasteiger charge is -2.37. The third kappa shape index (κ3) is 4.24. The van der Waals surface area contributed by atoms with Crippen molar-refractivity contribution in [1.29, 1.82) is 0 Å². The van der Waals surface area contributed by atoms with Crippen LogP contribution in [-0.4, -0.2) is 65.3 Å². The summed E-state index contributed by atoms with van der Waals surface area (Å²) < 4.78 is 0. The predicted octanol–water partition coefficient (Wildman–Crippen LogP) is 3.35. The molecule has 2 fully saturated rings. The predicted molar refractivity (Wildman–Crippen MR) is 112 cm³/mol. The molecule has 0 saturated carbocycles. The summed E-state index contributed by atoms with van der Waals surface area (Å²) in [5.74, 6) is 0.0979. The first-order valence-electron chi connectivity index (χ1n) is 9.72. The van der Waals surface area contributed by atoms with Crippen molar-refractivity contribution in [3.05, 3.63) is 57.2 Å². The molecule has 2 aliphatic heterocycles. The Hall–Kier alpha value is -1.89. The number of carbonyl (C=O) groups is 2. The molecule has 4 rings (SSSR count). The molecule has 0 bridgehead atoms. The van der Waals surface area contributed by atoms with Gasteiger partial charge in [0.15, 0.2) is 0 Å². The fourth-order valence-corrected chi connectivity index (χ4v) is 4.80. The molecule has 1 atom stereocenters. The first-order chi connectivity index (χ1) is 13.6. The standard InChI is InChI=1S/C21H24ClN3O2S/c22-17-7-5-16(6-8-17)15-23-10-12-24(13-11-23)20(26)18-3-1-9-25(18)21(27)19-4-2-14-28-19/h2,4-8,14,18H,1,3,9-13,15H2/t18-/m0/s1. The third-order valence-corrected chi connectivity index (χ3v) is 6.64. The Morgan fingerprint density at radius 1 is 1.04 bits per heavy atom. The number of likely N-dealkylation sites (tertiary alicyclic amines) is 1. The SMILES string of the molecule is O=C([C@@H]1CCCN1C(=O)c1cccs1)N1CCN(Cc2ccc(Cl)cc2)CC1. The Labute approximate surface area is 174 Å². The van der Waals surface area contributed by atoms with Gasteiger partial charge in [0, 0.05) is 44.3 Å². The number of amides is 2. The zero-order valence-corrected chi connectivity index (χ0v) is 17.3. The Balaban J connectivity index is 1.33. The maximum atomic E-state index is 13.1. The summed E-state index contributed by atoms with van der Waals surface area (Å²) in [6, 6.07) is 11.3. The Morgan fingerprint density at radius 2 is 1.79 bits per heavy atom. The smallest absolute Gasteiger partial charge is 0.264 e. The average molecular weight is 418 g/mol. The molecule has 2 aliphatic rings. The minimum atomic E-state index is -0.308. The van der Waals surface area contributed by atoms with Gasteiger partial charge in [-0.2, -0.15) is 0 Å². The van der Waals surface area contributed by atoms with Gasteiger partial charge in [-0.1, -0.05) is 29.8 Å². The normalized spacial score (nSPS) is 20.5. The molecule has 7 heteroatoms. The third-order valence-electron chi connectivity index (χ3n) is 5.53. The van der Waals surface area contributed by atoms with E-state index in [-0.39, 0.29) is 17.9 Å². The number of benzene rings is 1. The fourth-order valence-electron chi connectivity index (χ4n) is 3.99. The largest absolute Gasteiger partial charge is 0.338 e. The second-order valence-electron chi connectivity index (χ2n) is 7.36. The van der Waals surface area contributed by atoms with Crippen LogP contribution in [0.3, 0.4) is 0 Å². The highest BCUT2D eigenvalue weighted by molar-refractivity contribution is 7.12. The topological polar surface area (TPSA) is 43.9 Å². The van der Waals surface area contributed by atoms with Gasteiger partial charge in [0.05, 0.1) is 4.88 Å². The van der Waals surface area contributed by atoms with E-state index in [0.29, 0.717) is 24.5 Å². The summed E-state index contributed by atoms with van der Waals surface area (Å²) in [5.41, 5.74) is 1.23. The molecule has 0 aliphatic carbocycles. The Bertz CT molecular complexity index is 817. The van der Waals surface area contributed by atoms with Crippen LogP contribution in [0.1, 0.15) is 28.1 Å². The van der Waals surface area contributed by atoms with Crippen LogP contribution in [0.2, 0.25) is 5.02 Å². The number of rotatable bonds is 4. The Morgan fingerprint density at radius 3 is 2.46 bits per heavy atom. The first kappa shape index (κ1) is 19.4. The quantitative estimate of drug-likeness (QED) is 0.766. The zero-order chi connectivity index (χ0) is 19.5. The van der Waals surface area contributed by atoms with E-state index in [9.17, 15) is 9.59 Å². The summed E-state index contributed by atoms with van der Waals surface area (Å²) >= 11 is 7.39. The van der Waals surface area contributed by atoms with Gasteiger partial charge in [-0.05, 0) is 42.0 Å². The molecule has 0 spiro atoms. The van der Waals surface area contributed by atoms with Crippen molar-refractivity contribution in [2.75, 3.05) is 32.7 Å². The van der Waals surface area contributed by atoms with Crippen molar-refractivity contribution in [1.82, 2.24) is 14.7 Å². The van der Waals surface area contributed by atoms with E-state index in [1.54, 1.807) is 4.90 Å². The number of hydrogen-bond acceptors (Lipinski definition) is 4. The summed E-state index contributed by atoms with van der Waals surface area (Å²) in [7, 11) is 0. The monoisotopic (exact) mass is 417 g/mol. The van der Waals surface area contributed by atoms with Gasteiger partial charge in [0.1, 0.15) is 6.04 Å².